The quantitative estimate of drug-likeness (QED) is 0.682. The fourth-order valence-corrected chi connectivity index (χ4v) is 4.48. The average Bonchev–Trinajstić information content (AvgIpc) is 2.80. The molecular formula is C14H17BrINOS. The Hall–Kier alpha value is 0.250. The van der Waals surface area contributed by atoms with E-state index in [1.54, 1.807) is 0 Å². The van der Waals surface area contributed by atoms with Crippen molar-refractivity contribution in [1.29, 1.82) is 0 Å². The summed E-state index contributed by atoms with van der Waals surface area (Å²) in [7, 11) is 0. The molecule has 19 heavy (non-hydrogen) atoms. The standard InChI is InChI=1S/C14H17BrINOS/c1-2-19-11-5-4-10(8-11)17-14(18)12-7-9(15)3-6-13(12)16/h3,6-7,10-11H,2,4-5,8H2,1H3,(H,17,18). The van der Waals surface area contributed by atoms with Crippen LogP contribution in [0.2, 0.25) is 0 Å². The van der Waals surface area contributed by atoms with E-state index in [0.29, 0.717) is 6.04 Å². The Bertz CT molecular complexity index is 469. The summed E-state index contributed by atoms with van der Waals surface area (Å²) < 4.78 is 1.94. The second-order valence-electron chi connectivity index (χ2n) is 4.68. The Morgan fingerprint density at radius 1 is 1.53 bits per heavy atom. The number of carbonyl (C=O) groups excluding carboxylic acids is 1. The van der Waals surface area contributed by atoms with Gasteiger partial charge in [0.25, 0.3) is 5.91 Å². The van der Waals surface area contributed by atoms with Gasteiger partial charge in [-0.3, -0.25) is 4.79 Å². The van der Waals surface area contributed by atoms with Crippen LogP contribution in [0.4, 0.5) is 0 Å². The second kappa shape index (κ2) is 7.31. The molecule has 0 heterocycles. The highest BCUT2D eigenvalue weighted by atomic mass is 127. The van der Waals surface area contributed by atoms with E-state index >= 15 is 0 Å². The van der Waals surface area contributed by atoms with Gasteiger partial charge in [0.05, 0.1) is 5.56 Å². The molecule has 1 N–H and O–H groups in total. The minimum absolute atomic E-state index is 0.0536. The minimum atomic E-state index is 0.0536. The van der Waals surface area contributed by atoms with E-state index in [-0.39, 0.29) is 5.91 Å². The molecular weight excluding hydrogens is 437 g/mol. The van der Waals surface area contributed by atoms with Crippen LogP contribution < -0.4 is 5.32 Å². The number of amides is 1. The third-order valence-corrected chi connectivity index (χ3v) is 5.96. The summed E-state index contributed by atoms with van der Waals surface area (Å²) >= 11 is 7.64. The van der Waals surface area contributed by atoms with Gasteiger partial charge in [0.2, 0.25) is 0 Å². The van der Waals surface area contributed by atoms with Crippen LogP contribution in [0.3, 0.4) is 0 Å². The van der Waals surface area contributed by atoms with Gasteiger partial charge in [-0.25, -0.2) is 0 Å². The van der Waals surface area contributed by atoms with Crippen molar-refractivity contribution in [2.45, 2.75) is 37.5 Å². The van der Waals surface area contributed by atoms with Gasteiger partial charge in [0, 0.05) is 19.3 Å². The molecule has 2 rings (SSSR count). The molecule has 0 bridgehead atoms. The van der Waals surface area contributed by atoms with Crippen molar-refractivity contribution < 1.29 is 4.79 Å². The molecule has 0 spiro atoms. The van der Waals surface area contributed by atoms with Crippen molar-refractivity contribution in [2.24, 2.45) is 0 Å². The van der Waals surface area contributed by atoms with Gasteiger partial charge in [-0.2, -0.15) is 11.8 Å². The Labute approximate surface area is 140 Å². The number of nitrogens with one attached hydrogen (secondary N) is 1. The van der Waals surface area contributed by atoms with Gasteiger partial charge in [-0.05, 0) is 65.8 Å². The molecule has 0 saturated heterocycles. The van der Waals surface area contributed by atoms with Gasteiger partial charge < -0.3 is 5.32 Å². The summed E-state index contributed by atoms with van der Waals surface area (Å²) in [6.07, 6.45) is 3.43. The molecule has 0 radical (unpaired) electrons. The zero-order chi connectivity index (χ0) is 13.8. The lowest BCUT2D eigenvalue weighted by Crippen LogP contribution is -2.33. The summed E-state index contributed by atoms with van der Waals surface area (Å²) in [6, 6.07) is 6.15. The second-order valence-corrected chi connectivity index (χ2v) is 8.34. The molecule has 2 nitrogen and oxygen atoms in total. The Balaban J connectivity index is 1.96. The number of rotatable bonds is 4. The minimum Gasteiger partial charge on any atom is -0.349 e. The van der Waals surface area contributed by atoms with Crippen molar-refractivity contribution in [3.05, 3.63) is 31.8 Å². The molecule has 5 heteroatoms. The largest absolute Gasteiger partial charge is 0.349 e. The lowest BCUT2D eigenvalue weighted by atomic mass is 10.2. The van der Waals surface area contributed by atoms with Crippen LogP contribution >= 0.6 is 50.3 Å². The van der Waals surface area contributed by atoms with E-state index in [2.05, 4.69) is 50.8 Å². The molecule has 2 unspecified atom stereocenters. The highest BCUT2D eigenvalue weighted by Gasteiger charge is 2.26. The van der Waals surface area contributed by atoms with Crippen LogP contribution in [0.1, 0.15) is 36.5 Å². The first-order chi connectivity index (χ1) is 9.10. The van der Waals surface area contributed by atoms with Crippen molar-refractivity contribution in [3.8, 4) is 0 Å². The molecule has 1 saturated carbocycles. The third-order valence-electron chi connectivity index (χ3n) is 3.30. The van der Waals surface area contributed by atoms with E-state index in [1.165, 1.54) is 6.42 Å². The van der Waals surface area contributed by atoms with E-state index in [0.717, 1.165) is 37.5 Å². The lowest BCUT2D eigenvalue weighted by Gasteiger charge is -2.14. The summed E-state index contributed by atoms with van der Waals surface area (Å²) in [5, 5.41) is 3.89. The molecule has 1 aromatic rings. The molecule has 1 aliphatic carbocycles. The number of benzene rings is 1. The summed E-state index contributed by atoms with van der Waals surface area (Å²) in [5.41, 5.74) is 0.765. The van der Waals surface area contributed by atoms with Gasteiger partial charge >= 0.3 is 0 Å². The molecule has 104 valence electrons. The normalized spacial score (nSPS) is 22.5. The summed E-state index contributed by atoms with van der Waals surface area (Å²) in [5.74, 6) is 1.22. The van der Waals surface area contributed by atoms with Crippen LogP contribution in [0.15, 0.2) is 22.7 Å². The maximum atomic E-state index is 12.3. The first-order valence-electron chi connectivity index (χ1n) is 6.47. The predicted molar refractivity (Wildman–Crippen MR) is 93.9 cm³/mol. The summed E-state index contributed by atoms with van der Waals surface area (Å²) in [4.78, 5) is 12.3. The van der Waals surface area contributed by atoms with Crippen molar-refractivity contribution in [2.75, 3.05) is 5.75 Å². The number of hydrogen-bond donors (Lipinski definition) is 1. The highest BCUT2D eigenvalue weighted by Crippen LogP contribution is 2.30. The van der Waals surface area contributed by atoms with Crippen LogP contribution in [-0.4, -0.2) is 23.0 Å². The molecule has 0 aliphatic heterocycles. The number of thioether (sulfide) groups is 1. The predicted octanol–water partition coefficient (Wildman–Crippen LogP) is 4.46. The van der Waals surface area contributed by atoms with E-state index in [9.17, 15) is 4.79 Å². The van der Waals surface area contributed by atoms with E-state index in [1.807, 2.05) is 30.0 Å². The van der Waals surface area contributed by atoms with E-state index < -0.39 is 0 Å². The van der Waals surface area contributed by atoms with E-state index in [4.69, 9.17) is 0 Å². The SMILES string of the molecule is CCSC1CCC(NC(=O)c2cc(Br)ccc2I)C1. The van der Waals surface area contributed by atoms with Gasteiger partial charge in [0.1, 0.15) is 0 Å². The topological polar surface area (TPSA) is 29.1 Å². The number of carbonyl (C=O) groups is 1. The molecule has 1 amide bonds. The Morgan fingerprint density at radius 2 is 2.32 bits per heavy atom. The van der Waals surface area contributed by atoms with Crippen LogP contribution in [0.25, 0.3) is 0 Å². The monoisotopic (exact) mass is 453 g/mol. The van der Waals surface area contributed by atoms with Crippen molar-refractivity contribution in [3.63, 3.8) is 0 Å². The van der Waals surface area contributed by atoms with Gasteiger partial charge in [-0.1, -0.05) is 22.9 Å². The zero-order valence-corrected chi connectivity index (χ0v) is 15.3. The van der Waals surface area contributed by atoms with Crippen LogP contribution in [-0.2, 0) is 0 Å². The maximum Gasteiger partial charge on any atom is 0.252 e. The van der Waals surface area contributed by atoms with Crippen LogP contribution in [0, 0.1) is 3.57 Å². The van der Waals surface area contributed by atoms with Crippen LogP contribution in [0.5, 0.6) is 0 Å². The van der Waals surface area contributed by atoms with Crippen molar-refractivity contribution in [1.82, 2.24) is 5.32 Å². The van der Waals surface area contributed by atoms with Gasteiger partial charge in [0.15, 0.2) is 0 Å². The smallest absolute Gasteiger partial charge is 0.252 e. The highest BCUT2D eigenvalue weighted by molar-refractivity contribution is 14.1. The Kier molecular flexibility index (Phi) is 6.02. The average molecular weight is 454 g/mol. The lowest BCUT2D eigenvalue weighted by molar-refractivity contribution is 0.0937. The zero-order valence-electron chi connectivity index (χ0n) is 10.8. The first kappa shape index (κ1) is 15.6. The maximum absolute atomic E-state index is 12.3. The van der Waals surface area contributed by atoms with Gasteiger partial charge in [-0.15, -0.1) is 0 Å². The molecule has 1 aliphatic rings. The Morgan fingerprint density at radius 3 is 3.05 bits per heavy atom. The summed E-state index contributed by atoms with van der Waals surface area (Å²) in [6.45, 7) is 2.19. The number of hydrogen-bond acceptors (Lipinski definition) is 2. The number of halogens is 2. The first-order valence-corrected chi connectivity index (χ1v) is 9.39. The molecule has 2 atom stereocenters. The third kappa shape index (κ3) is 4.36. The molecule has 1 fully saturated rings. The molecule has 0 aromatic heterocycles. The van der Waals surface area contributed by atoms with Crippen molar-refractivity contribution >= 4 is 56.2 Å². The fourth-order valence-electron chi connectivity index (χ4n) is 2.39. The molecule has 1 aromatic carbocycles. The fraction of sp³-hybridized carbons (Fsp3) is 0.500.